The van der Waals surface area contributed by atoms with E-state index in [-0.39, 0.29) is 19.0 Å². The van der Waals surface area contributed by atoms with E-state index in [1.54, 1.807) is 7.11 Å². The number of likely N-dealkylation sites (tertiary alicyclic amines) is 1. The fourth-order valence-electron chi connectivity index (χ4n) is 3.07. The highest BCUT2D eigenvalue weighted by molar-refractivity contribution is 5.73. The van der Waals surface area contributed by atoms with E-state index in [0.717, 1.165) is 30.8 Å². The number of aliphatic hydroxyl groups is 1. The maximum atomic E-state index is 11.8. The highest BCUT2D eigenvalue weighted by Crippen LogP contribution is 2.11. The molecular weight excluding hydrogens is 362 g/mol. The van der Waals surface area contributed by atoms with Gasteiger partial charge in [-0.1, -0.05) is 25.0 Å². The van der Waals surface area contributed by atoms with Gasteiger partial charge in [0.25, 0.3) is 6.47 Å². The maximum Gasteiger partial charge on any atom is 0.314 e. The summed E-state index contributed by atoms with van der Waals surface area (Å²) in [5.74, 6) is 0.827. The molecule has 0 aromatic heterocycles. The van der Waals surface area contributed by atoms with Crippen LogP contribution >= 0.6 is 0 Å². The number of rotatable bonds is 8. The van der Waals surface area contributed by atoms with Crippen LogP contribution < -0.4 is 15.4 Å². The Bertz CT molecular complexity index is 545. The van der Waals surface area contributed by atoms with Crippen molar-refractivity contribution in [3.63, 3.8) is 0 Å². The zero-order valence-corrected chi connectivity index (χ0v) is 16.6. The first-order chi connectivity index (χ1) is 13.6. The summed E-state index contributed by atoms with van der Waals surface area (Å²) in [6, 6.07) is 7.57. The van der Waals surface area contributed by atoms with Crippen molar-refractivity contribution in [1.82, 2.24) is 15.5 Å². The van der Waals surface area contributed by atoms with Crippen LogP contribution in [0, 0.1) is 0 Å². The van der Waals surface area contributed by atoms with Crippen LogP contribution in [0.1, 0.15) is 31.2 Å². The normalized spacial score (nSPS) is 15.4. The number of carbonyl (C=O) groups excluding carboxylic acids is 1. The van der Waals surface area contributed by atoms with Gasteiger partial charge in [0, 0.05) is 19.6 Å². The van der Waals surface area contributed by atoms with Crippen molar-refractivity contribution in [3.05, 3.63) is 29.8 Å². The summed E-state index contributed by atoms with van der Waals surface area (Å²) >= 11 is 0. The lowest BCUT2D eigenvalue weighted by molar-refractivity contribution is -0.122. The van der Waals surface area contributed by atoms with Crippen LogP contribution in [0.2, 0.25) is 0 Å². The number of carboxylic acid groups (broad SMARTS) is 1. The number of methoxy groups -OCH3 is 1. The molecule has 0 bridgehead atoms. The van der Waals surface area contributed by atoms with Gasteiger partial charge >= 0.3 is 6.03 Å². The Morgan fingerprint density at radius 2 is 1.79 bits per heavy atom. The molecule has 1 fully saturated rings. The molecule has 8 nitrogen and oxygen atoms in total. The molecule has 1 aromatic rings. The van der Waals surface area contributed by atoms with Gasteiger partial charge in [-0.3, -0.25) is 4.79 Å². The number of carbonyl (C=O) groups is 2. The number of benzene rings is 1. The Hall–Kier alpha value is -2.32. The third-order valence-corrected chi connectivity index (χ3v) is 4.52. The SMILES string of the molecule is COc1ccc(CCNC(=O)NCC(O)CN2CCCCCC2)cc1.O=CO. The smallest absolute Gasteiger partial charge is 0.314 e. The summed E-state index contributed by atoms with van der Waals surface area (Å²) in [6.07, 6.45) is 5.19. The number of hydrogen-bond donors (Lipinski definition) is 4. The van der Waals surface area contributed by atoms with Crippen LogP contribution in [-0.2, 0) is 11.2 Å². The third kappa shape index (κ3) is 10.7. The molecule has 1 unspecified atom stereocenters. The lowest BCUT2D eigenvalue weighted by atomic mass is 10.1. The topological polar surface area (TPSA) is 111 Å². The van der Waals surface area contributed by atoms with Gasteiger partial charge in [-0.2, -0.15) is 0 Å². The number of hydrogen-bond acceptors (Lipinski definition) is 5. The summed E-state index contributed by atoms with van der Waals surface area (Å²) in [6.45, 7) is 3.31. The van der Waals surface area contributed by atoms with Crippen LogP contribution in [0.4, 0.5) is 4.79 Å². The van der Waals surface area contributed by atoms with Crippen molar-refractivity contribution in [1.29, 1.82) is 0 Å². The summed E-state index contributed by atoms with van der Waals surface area (Å²) < 4.78 is 5.12. The van der Waals surface area contributed by atoms with Gasteiger partial charge in [-0.15, -0.1) is 0 Å². The zero-order valence-electron chi connectivity index (χ0n) is 16.6. The molecule has 1 saturated heterocycles. The summed E-state index contributed by atoms with van der Waals surface area (Å²) in [7, 11) is 1.64. The predicted octanol–water partition coefficient (Wildman–Crippen LogP) is 1.47. The molecule has 4 N–H and O–H groups in total. The number of nitrogens with one attached hydrogen (secondary N) is 2. The maximum absolute atomic E-state index is 11.8. The van der Waals surface area contributed by atoms with Crippen molar-refractivity contribution < 1.29 is 24.5 Å². The van der Waals surface area contributed by atoms with Gasteiger partial charge < -0.3 is 30.5 Å². The third-order valence-electron chi connectivity index (χ3n) is 4.52. The molecule has 1 aliphatic rings. The molecule has 0 saturated carbocycles. The molecule has 2 rings (SSSR count). The zero-order chi connectivity index (χ0) is 20.6. The summed E-state index contributed by atoms with van der Waals surface area (Å²) in [4.78, 5) is 22.5. The molecule has 1 aliphatic heterocycles. The van der Waals surface area contributed by atoms with Crippen molar-refractivity contribution >= 4 is 12.5 Å². The second-order valence-corrected chi connectivity index (χ2v) is 6.71. The van der Waals surface area contributed by atoms with E-state index in [0.29, 0.717) is 13.1 Å². The van der Waals surface area contributed by atoms with Gasteiger partial charge in [0.05, 0.1) is 13.2 Å². The average Bonchev–Trinajstić information content (AvgIpc) is 2.96. The molecule has 158 valence electrons. The van der Waals surface area contributed by atoms with Crippen molar-refractivity contribution in [2.24, 2.45) is 0 Å². The van der Waals surface area contributed by atoms with Gasteiger partial charge in [-0.25, -0.2) is 4.79 Å². The first-order valence-electron chi connectivity index (χ1n) is 9.72. The first-order valence-corrected chi connectivity index (χ1v) is 9.72. The van der Waals surface area contributed by atoms with Crippen molar-refractivity contribution in [2.75, 3.05) is 39.8 Å². The van der Waals surface area contributed by atoms with Gasteiger partial charge in [-0.05, 0) is 50.0 Å². The molecular formula is C20H33N3O5. The predicted molar refractivity (Wildman–Crippen MR) is 108 cm³/mol. The minimum absolute atomic E-state index is 0.233. The van der Waals surface area contributed by atoms with Crippen LogP contribution in [0.5, 0.6) is 5.75 Å². The fourth-order valence-corrected chi connectivity index (χ4v) is 3.07. The molecule has 8 heteroatoms. The molecule has 1 aromatic carbocycles. The Morgan fingerprint density at radius 1 is 1.18 bits per heavy atom. The highest BCUT2D eigenvalue weighted by Gasteiger charge is 2.14. The van der Waals surface area contributed by atoms with Gasteiger partial charge in [0.15, 0.2) is 0 Å². The van der Waals surface area contributed by atoms with Crippen LogP contribution in [0.25, 0.3) is 0 Å². The average molecular weight is 396 g/mol. The van der Waals surface area contributed by atoms with Crippen LogP contribution in [0.15, 0.2) is 24.3 Å². The number of urea groups is 1. The lowest BCUT2D eigenvalue weighted by Gasteiger charge is -2.23. The van der Waals surface area contributed by atoms with Gasteiger partial charge in [0.1, 0.15) is 5.75 Å². The van der Waals surface area contributed by atoms with Crippen LogP contribution in [0.3, 0.4) is 0 Å². The largest absolute Gasteiger partial charge is 0.497 e. The lowest BCUT2D eigenvalue weighted by Crippen LogP contribution is -2.44. The quantitative estimate of drug-likeness (QED) is 0.496. The summed E-state index contributed by atoms with van der Waals surface area (Å²) in [5.41, 5.74) is 1.14. The molecule has 28 heavy (non-hydrogen) atoms. The number of amides is 2. The molecule has 0 radical (unpaired) electrons. The van der Waals surface area contributed by atoms with E-state index < -0.39 is 6.10 Å². The Morgan fingerprint density at radius 3 is 2.36 bits per heavy atom. The molecule has 1 heterocycles. The summed E-state index contributed by atoms with van der Waals surface area (Å²) in [5, 5.41) is 22.6. The van der Waals surface area contributed by atoms with E-state index in [9.17, 15) is 9.90 Å². The van der Waals surface area contributed by atoms with E-state index >= 15 is 0 Å². The number of ether oxygens (including phenoxy) is 1. The fraction of sp³-hybridized carbons (Fsp3) is 0.600. The van der Waals surface area contributed by atoms with E-state index in [1.165, 1.54) is 25.7 Å². The molecule has 2 amide bonds. The minimum atomic E-state index is -0.523. The molecule has 0 aliphatic carbocycles. The minimum Gasteiger partial charge on any atom is -0.497 e. The molecule has 0 spiro atoms. The number of aliphatic hydroxyl groups excluding tert-OH is 1. The standard InChI is InChI=1S/C19H31N3O3.CH2O2/c1-25-18-8-6-16(7-9-18)10-11-20-19(24)21-14-17(23)15-22-12-4-2-3-5-13-22;2-1-3/h6-9,17,23H,2-5,10-15H2,1H3,(H2,20,21,24);1H,(H,2,3). The first kappa shape index (κ1) is 23.7. The van der Waals surface area contributed by atoms with Crippen molar-refractivity contribution in [3.8, 4) is 5.75 Å². The second-order valence-electron chi connectivity index (χ2n) is 6.71. The monoisotopic (exact) mass is 395 g/mol. The number of β-amino-alcohol motifs (C(OH)–C–C–N with tert-alkyl or cyclic N) is 1. The van der Waals surface area contributed by atoms with Crippen molar-refractivity contribution in [2.45, 2.75) is 38.2 Å². The Balaban J connectivity index is 0.00000122. The Labute approximate surface area is 166 Å². The van der Waals surface area contributed by atoms with E-state index in [1.807, 2.05) is 24.3 Å². The highest BCUT2D eigenvalue weighted by atomic mass is 16.5. The number of nitrogens with zero attached hydrogens (tertiary/aromatic N) is 1. The molecule has 1 atom stereocenters. The van der Waals surface area contributed by atoms with E-state index in [2.05, 4.69) is 15.5 Å². The van der Waals surface area contributed by atoms with Crippen LogP contribution in [-0.4, -0.2) is 73.6 Å². The van der Waals surface area contributed by atoms with Gasteiger partial charge in [0.2, 0.25) is 0 Å². The second kappa shape index (κ2) is 14.7. The van der Waals surface area contributed by atoms with E-state index in [4.69, 9.17) is 14.6 Å². The Kier molecular flexibility index (Phi) is 12.5.